The minimum atomic E-state index is -3.67. The lowest BCUT2D eigenvalue weighted by atomic mass is 9.73. The zero-order chi connectivity index (χ0) is 20.1. The Morgan fingerprint density at radius 3 is 1.74 bits per heavy atom. The first-order valence-electron chi connectivity index (χ1n) is 9.31. The molecule has 1 atom stereocenters. The highest BCUT2D eigenvalue weighted by Crippen LogP contribution is 2.46. The van der Waals surface area contributed by atoms with Crippen LogP contribution in [0.25, 0.3) is 0 Å². The molecule has 0 aromatic heterocycles. The molecule has 0 radical (unpaired) electrons. The molecule has 1 unspecified atom stereocenters. The van der Waals surface area contributed by atoms with Crippen molar-refractivity contribution in [2.75, 3.05) is 6.26 Å². The Morgan fingerprint density at radius 2 is 1.37 bits per heavy atom. The van der Waals surface area contributed by atoms with E-state index in [1.165, 1.54) is 30.4 Å². The first-order valence-corrected chi connectivity index (χ1v) is 11.2. The van der Waals surface area contributed by atoms with Crippen molar-refractivity contribution in [3.63, 3.8) is 0 Å². The third-order valence-electron chi connectivity index (χ3n) is 4.80. The second kappa shape index (κ2) is 8.55. The van der Waals surface area contributed by atoms with Crippen molar-refractivity contribution >= 4 is 10.1 Å². The normalized spacial score (nSPS) is 19.2. The van der Waals surface area contributed by atoms with Crippen LogP contribution in [0.1, 0.15) is 51.2 Å². The van der Waals surface area contributed by atoms with Gasteiger partial charge in [0.15, 0.2) is 0 Å². The van der Waals surface area contributed by atoms with Gasteiger partial charge in [-0.25, -0.2) is 0 Å². The van der Waals surface area contributed by atoms with E-state index in [9.17, 15) is 8.42 Å². The van der Waals surface area contributed by atoms with E-state index in [4.69, 9.17) is 4.55 Å². The van der Waals surface area contributed by atoms with Crippen LogP contribution in [0.5, 0.6) is 0 Å². The van der Waals surface area contributed by atoms with E-state index in [0.717, 1.165) is 0 Å². The standard InChI is InChI=1S/C21H27N.CH4O3S/c1-20(2,3)22-19-14-15-21(16-19,17-10-6-4-7-11-17)18-12-8-5-9-13-18;1-5(2,3)4/h4-13,19,22H,14-16H2,1-3H3;1H3,(H,2,3,4). The molecule has 0 amide bonds. The lowest BCUT2D eigenvalue weighted by molar-refractivity contribution is 0.352. The Labute approximate surface area is 163 Å². The first-order chi connectivity index (χ1) is 12.5. The third-order valence-corrected chi connectivity index (χ3v) is 4.80. The highest BCUT2D eigenvalue weighted by Gasteiger charge is 2.42. The van der Waals surface area contributed by atoms with Gasteiger partial charge in [-0.2, -0.15) is 8.42 Å². The fraction of sp³-hybridized carbons (Fsp3) is 0.455. The average molecular weight is 390 g/mol. The minimum absolute atomic E-state index is 0.158. The van der Waals surface area contributed by atoms with Gasteiger partial charge < -0.3 is 5.32 Å². The zero-order valence-corrected chi connectivity index (χ0v) is 17.5. The summed E-state index contributed by atoms with van der Waals surface area (Å²) in [6, 6.07) is 22.7. The van der Waals surface area contributed by atoms with Crippen LogP contribution in [-0.4, -0.2) is 30.8 Å². The van der Waals surface area contributed by atoms with Crippen LogP contribution in [-0.2, 0) is 15.5 Å². The second-order valence-electron chi connectivity index (χ2n) is 8.38. The molecule has 1 aliphatic rings. The van der Waals surface area contributed by atoms with Crippen molar-refractivity contribution in [1.29, 1.82) is 0 Å². The summed E-state index contributed by atoms with van der Waals surface area (Å²) in [5, 5.41) is 3.81. The van der Waals surface area contributed by atoms with Crippen molar-refractivity contribution in [2.45, 2.75) is 57.0 Å². The number of hydrogen-bond acceptors (Lipinski definition) is 3. The first kappa shape index (κ1) is 21.6. The summed E-state index contributed by atoms with van der Waals surface area (Å²) in [6.07, 6.45) is 4.35. The van der Waals surface area contributed by atoms with Crippen molar-refractivity contribution in [3.05, 3.63) is 71.8 Å². The van der Waals surface area contributed by atoms with Gasteiger partial charge in [0.1, 0.15) is 0 Å². The largest absolute Gasteiger partial charge is 0.309 e. The van der Waals surface area contributed by atoms with Crippen LogP contribution in [0.3, 0.4) is 0 Å². The number of rotatable bonds is 3. The molecule has 2 aromatic carbocycles. The molecule has 148 valence electrons. The maximum absolute atomic E-state index is 9.19. The van der Waals surface area contributed by atoms with Gasteiger partial charge in [-0.15, -0.1) is 0 Å². The highest BCUT2D eigenvalue weighted by molar-refractivity contribution is 7.85. The van der Waals surface area contributed by atoms with Crippen molar-refractivity contribution in [2.24, 2.45) is 0 Å². The van der Waals surface area contributed by atoms with E-state index in [2.05, 4.69) is 86.8 Å². The molecule has 0 aliphatic heterocycles. The Hall–Kier alpha value is -1.69. The van der Waals surface area contributed by atoms with Gasteiger partial charge in [0.25, 0.3) is 10.1 Å². The number of nitrogens with one attached hydrogen (secondary N) is 1. The Bertz CT molecular complexity index is 764. The van der Waals surface area contributed by atoms with E-state index in [1.54, 1.807) is 0 Å². The summed E-state index contributed by atoms with van der Waals surface area (Å²) in [5.41, 5.74) is 3.25. The Balaban J connectivity index is 0.000000465. The molecular formula is C22H31NO3S. The summed E-state index contributed by atoms with van der Waals surface area (Å²) in [4.78, 5) is 0. The maximum atomic E-state index is 9.19. The van der Waals surface area contributed by atoms with E-state index >= 15 is 0 Å². The van der Waals surface area contributed by atoms with E-state index in [0.29, 0.717) is 12.3 Å². The summed E-state index contributed by atoms with van der Waals surface area (Å²) < 4.78 is 25.9. The molecule has 0 saturated heterocycles. The summed E-state index contributed by atoms with van der Waals surface area (Å²) in [5.74, 6) is 0. The molecule has 5 heteroatoms. The van der Waals surface area contributed by atoms with Crippen LogP contribution < -0.4 is 5.32 Å². The van der Waals surface area contributed by atoms with Gasteiger partial charge in [-0.1, -0.05) is 60.7 Å². The molecule has 3 rings (SSSR count). The zero-order valence-electron chi connectivity index (χ0n) is 16.6. The molecule has 4 nitrogen and oxygen atoms in total. The van der Waals surface area contributed by atoms with Gasteiger partial charge in [-0.05, 0) is 51.2 Å². The van der Waals surface area contributed by atoms with Gasteiger partial charge in [0.2, 0.25) is 0 Å². The van der Waals surface area contributed by atoms with Gasteiger partial charge in [0.05, 0.1) is 6.26 Å². The van der Waals surface area contributed by atoms with Gasteiger partial charge in [0, 0.05) is 17.0 Å². The van der Waals surface area contributed by atoms with Gasteiger partial charge >= 0.3 is 0 Å². The quantitative estimate of drug-likeness (QED) is 0.763. The number of benzene rings is 2. The molecule has 0 heterocycles. The molecular weight excluding hydrogens is 358 g/mol. The fourth-order valence-corrected chi connectivity index (χ4v) is 3.99. The lowest BCUT2D eigenvalue weighted by Crippen LogP contribution is -2.43. The van der Waals surface area contributed by atoms with Crippen LogP contribution in [0.15, 0.2) is 60.7 Å². The Kier molecular flexibility index (Phi) is 6.84. The van der Waals surface area contributed by atoms with E-state index < -0.39 is 10.1 Å². The SMILES string of the molecule is CC(C)(C)NC1CCC(c2ccccc2)(c2ccccc2)C1.CS(=O)(=O)O. The minimum Gasteiger partial charge on any atom is -0.309 e. The average Bonchev–Trinajstić information content (AvgIpc) is 2.98. The molecule has 1 fully saturated rings. The molecule has 0 spiro atoms. The fourth-order valence-electron chi connectivity index (χ4n) is 3.99. The maximum Gasteiger partial charge on any atom is 0.261 e. The van der Waals surface area contributed by atoms with E-state index in [-0.39, 0.29) is 11.0 Å². The van der Waals surface area contributed by atoms with Crippen LogP contribution in [0.4, 0.5) is 0 Å². The van der Waals surface area contributed by atoms with Crippen molar-refractivity contribution in [3.8, 4) is 0 Å². The van der Waals surface area contributed by atoms with Crippen LogP contribution in [0.2, 0.25) is 0 Å². The molecule has 0 bridgehead atoms. The van der Waals surface area contributed by atoms with Crippen molar-refractivity contribution < 1.29 is 13.0 Å². The van der Waals surface area contributed by atoms with E-state index in [1.807, 2.05) is 0 Å². The van der Waals surface area contributed by atoms with Crippen LogP contribution >= 0.6 is 0 Å². The summed E-state index contributed by atoms with van der Waals surface area (Å²) in [7, 11) is -3.67. The third kappa shape index (κ3) is 6.76. The van der Waals surface area contributed by atoms with Gasteiger partial charge in [-0.3, -0.25) is 4.55 Å². The predicted molar refractivity (Wildman–Crippen MR) is 112 cm³/mol. The molecule has 1 aliphatic carbocycles. The topological polar surface area (TPSA) is 66.4 Å². The molecule has 2 aromatic rings. The van der Waals surface area contributed by atoms with Crippen molar-refractivity contribution in [1.82, 2.24) is 5.32 Å². The lowest BCUT2D eigenvalue weighted by Gasteiger charge is -2.32. The second-order valence-corrected chi connectivity index (χ2v) is 9.85. The predicted octanol–water partition coefficient (Wildman–Crippen LogP) is 4.42. The van der Waals surface area contributed by atoms with Crippen LogP contribution in [0, 0.1) is 0 Å². The smallest absolute Gasteiger partial charge is 0.261 e. The summed E-state index contributed by atoms with van der Waals surface area (Å²) >= 11 is 0. The monoisotopic (exact) mass is 389 g/mol. The molecule has 27 heavy (non-hydrogen) atoms. The highest BCUT2D eigenvalue weighted by atomic mass is 32.2. The molecule has 2 N–H and O–H groups in total. The number of hydrogen-bond donors (Lipinski definition) is 2. The molecule has 1 saturated carbocycles. The Morgan fingerprint density at radius 1 is 0.963 bits per heavy atom. The summed E-state index contributed by atoms with van der Waals surface area (Å²) in [6.45, 7) is 6.79.